The van der Waals surface area contributed by atoms with Crippen LogP contribution in [0.25, 0.3) is 0 Å². The Morgan fingerprint density at radius 2 is 1.82 bits per heavy atom. The summed E-state index contributed by atoms with van der Waals surface area (Å²) in [6.07, 6.45) is 2.03. The second-order valence-electron chi connectivity index (χ2n) is 5.29. The Bertz CT molecular complexity index is 622. The highest BCUT2D eigenvalue weighted by Gasteiger charge is 2.26. The van der Waals surface area contributed by atoms with Crippen molar-refractivity contribution in [2.45, 2.75) is 13.3 Å². The molecule has 1 saturated heterocycles. The Hall–Kier alpha value is -1.60. The zero-order valence-electron chi connectivity index (χ0n) is 13.0. The molecule has 2 rings (SSSR count). The highest BCUT2D eigenvalue weighted by atomic mass is 32.2. The average molecular weight is 326 g/mol. The molecule has 122 valence electrons. The molecule has 0 bridgehead atoms. The van der Waals surface area contributed by atoms with Crippen molar-refractivity contribution in [2.24, 2.45) is 0 Å². The summed E-state index contributed by atoms with van der Waals surface area (Å²) in [4.78, 5) is 13.8. The van der Waals surface area contributed by atoms with Gasteiger partial charge in [0.15, 0.2) is 6.61 Å². The van der Waals surface area contributed by atoms with Crippen molar-refractivity contribution >= 4 is 15.9 Å². The third kappa shape index (κ3) is 4.20. The summed E-state index contributed by atoms with van der Waals surface area (Å²) in [5.41, 5.74) is 1.07. The zero-order chi connectivity index (χ0) is 16.2. The lowest BCUT2D eigenvalue weighted by Gasteiger charge is -2.33. The molecule has 1 aliphatic heterocycles. The van der Waals surface area contributed by atoms with Crippen molar-refractivity contribution in [3.8, 4) is 5.75 Å². The summed E-state index contributed by atoms with van der Waals surface area (Å²) in [7, 11) is -3.18. The molecule has 0 radical (unpaired) electrons. The number of amides is 1. The number of para-hydroxylation sites is 1. The van der Waals surface area contributed by atoms with E-state index in [0.29, 0.717) is 26.2 Å². The largest absolute Gasteiger partial charge is 0.483 e. The lowest BCUT2D eigenvalue weighted by atomic mass is 10.1. The Kier molecular flexibility index (Phi) is 5.42. The standard InChI is InChI=1S/C15H22N2O4S/c1-3-13-6-4-5-7-14(13)21-12-15(18)16-8-10-17(11-9-16)22(2,19)20/h4-7H,3,8-12H2,1-2H3. The summed E-state index contributed by atoms with van der Waals surface area (Å²) in [6, 6.07) is 7.65. The Balaban J connectivity index is 1.86. The molecule has 1 aromatic rings. The minimum Gasteiger partial charge on any atom is -0.483 e. The van der Waals surface area contributed by atoms with E-state index in [-0.39, 0.29) is 12.5 Å². The maximum Gasteiger partial charge on any atom is 0.260 e. The number of ether oxygens (including phenoxy) is 1. The summed E-state index contributed by atoms with van der Waals surface area (Å²) in [5.74, 6) is 0.618. The molecule has 0 atom stereocenters. The van der Waals surface area contributed by atoms with E-state index in [1.165, 1.54) is 10.6 Å². The maximum atomic E-state index is 12.2. The van der Waals surface area contributed by atoms with Gasteiger partial charge < -0.3 is 9.64 Å². The van der Waals surface area contributed by atoms with E-state index in [0.717, 1.165) is 17.7 Å². The molecule has 0 spiro atoms. The van der Waals surface area contributed by atoms with Crippen LogP contribution >= 0.6 is 0 Å². The van der Waals surface area contributed by atoms with Crippen LogP contribution in [0.3, 0.4) is 0 Å². The highest BCUT2D eigenvalue weighted by molar-refractivity contribution is 7.88. The van der Waals surface area contributed by atoms with Crippen molar-refractivity contribution in [3.05, 3.63) is 29.8 Å². The van der Waals surface area contributed by atoms with Gasteiger partial charge in [-0.15, -0.1) is 0 Å². The fourth-order valence-corrected chi connectivity index (χ4v) is 3.26. The topological polar surface area (TPSA) is 66.9 Å². The molecule has 0 aromatic heterocycles. The molecular weight excluding hydrogens is 304 g/mol. The van der Waals surface area contributed by atoms with Gasteiger partial charge in [-0.05, 0) is 18.1 Å². The quantitative estimate of drug-likeness (QED) is 0.800. The number of carbonyl (C=O) groups is 1. The van der Waals surface area contributed by atoms with E-state index in [2.05, 4.69) is 0 Å². The van der Waals surface area contributed by atoms with Gasteiger partial charge in [-0.25, -0.2) is 8.42 Å². The van der Waals surface area contributed by atoms with Crippen LogP contribution in [0.1, 0.15) is 12.5 Å². The van der Waals surface area contributed by atoms with Gasteiger partial charge >= 0.3 is 0 Å². The molecule has 0 unspecified atom stereocenters. The predicted octanol–water partition coefficient (Wildman–Crippen LogP) is 0.732. The number of hydrogen-bond acceptors (Lipinski definition) is 4. The van der Waals surface area contributed by atoms with Crippen LogP contribution < -0.4 is 4.74 Å². The Morgan fingerprint density at radius 1 is 1.18 bits per heavy atom. The number of sulfonamides is 1. The van der Waals surface area contributed by atoms with E-state index in [1.807, 2.05) is 31.2 Å². The summed E-state index contributed by atoms with van der Waals surface area (Å²) < 4.78 is 29.9. The van der Waals surface area contributed by atoms with Crippen molar-refractivity contribution in [3.63, 3.8) is 0 Å². The number of rotatable bonds is 5. The van der Waals surface area contributed by atoms with Crippen LogP contribution in [0, 0.1) is 0 Å². The number of carbonyl (C=O) groups excluding carboxylic acids is 1. The number of benzene rings is 1. The van der Waals surface area contributed by atoms with Gasteiger partial charge in [0, 0.05) is 26.2 Å². The molecule has 0 aliphatic carbocycles. The summed E-state index contributed by atoms with van der Waals surface area (Å²) in [6.45, 7) is 3.52. The van der Waals surface area contributed by atoms with Crippen molar-refractivity contribution < 1.29 is 17.9 Å². The fourth-order valence-electron chi connectivity index (χ4n) is 2.44. The molecule has 22 heavy (non-hydrogen) atoms. The molecule has 1 heterocycles. The smallest absolute Gasteiger partial charge is 0.260 e. The van der Waals surface area contributed by atoms with Gasteiger partial charge in [0.25, 0.3) is 5.91 Å². The maximum absolute atomic E-state index is 12.2. The molecule has 1 aromatic carbocycles. The van der Waals surface area contributed by atoms with Crippen molar-refractivity contribution in [1.82, 2.24) is 9.21 Å². The van der Waals surface area contributed by atoms with Gasteiger partial charge in [-0.1, -0.05) is 25.1 Å². The van der Waals surface area contributed by atoms with Crippen LogP contribution in [-0.4, -0.2) is 62.6 Å². The van der Waals surface area contributed by atoms with E-state index in [4.69, 9.17) is 4.74 Å². The second-order valence-corrected chi connectivity index (χ2v) is 7.28. The fraction of sp³-hybridized carbons (Fsp3) is 0.533. The Labute approximate surface area is 131 Å². The van der Waals surface area contributed by atoms with E-state index < -0.39 is 10.0 Å². The number of aryl methyl sites for hydroxylation is 1. The second kappa shape index (κ2) is 7.11. The first kappa shape index (κ1) is 16.8. The zero-order valence-corrected chi connectivity index (χ0v) is 13.8. The average Bonchev–Trinajstić information content (AvgIpc) is 2.52. The molecule has 7 heteroatoms. The van der Waals surface area contributed by atoms with Crippen molar-refractivity contribution in [2.75, 3.05) is 39.0 Å². The molecule has 0 N–H and O–H groups in total. The molecule has 6 nitrogen and oxygen atoms in total. The molecule has 1 amide bonds. The van der Waals surface area contributed by atoms with Gasteiger partial charge in [0.1, 0.15) is 5.75 Å². The van der Waals surface area contributed by atoms with Crippen molar-refractivity contribution in [1.29, 1.82) is 0 Å². The van der Waals surface area contributed by atoms with Gasteiger partial charge in [-0.3, -0.25) is 4.79 Å². The number of nitrogens with zero attached hydrogens (tertiary/aromatic N) is 2. The Morgan fingerprint density at radius 3 is 2.41 bits per heavy atom. The first-order chi connectivity index (χ1) is 10.4. The monoisotopic (exact) mass is 326 g/mol. The van der Waals surface area contributed by atoms with Crippen LogP contribution in [0.2, 0.25) is 0 Å². The van der Waals surface area contributed by atoms with Gasteiger partial charge in [0.05, 0.1) is 6.26 Å². The number of piperazine rings is 1. The van der Waals surface area contributed by atoms with Crippen LogP contribution in [0.15, 0.2) is 24.3 Å². The lowest BCUT2D eigenvalue weighted by Crippen LogP contribution is -2.51. The normalized spacial score (nSPS) is 16.5. The van der Waals surface area contributed by atoms with Crippen LogP contribution in [-0.2, 0) is 21.2 Å². The van der Waals surface area contributed by atoms with Gasteiger partial charge in [-0.2, -0.15) is 4.31 Å². The van der Waals surface area contributed by atoms with E-state index in [9.17, 15) is 13.2 Å². The first-order valence-electron chi connectivity index (χ1n) is 7.35. The number of hydrogen-bond donors (Lipinski definition) is 0. The third-order valence-corrected chi connectivity index (χ3v) is 5.07. The molecular formula is C15H22N2O4S. The summed E-state index contributed by atoms with van der Waals surface area (Å²) >= 11 is 0. The van der Waals surface area contributed by atoms with Crippen LogP contribution in [0.4, 0.5) is 0 Å². The summed E-state index contributed by atoms with van der Waals surface area (Å²) in [5, 5.41) is 0. The SMILES string of the molecule is CCc1ccccc1OCC(=O)N1CCN(S(C)(=O)=O)CC1. The highest BCUT2D eigenvalue weighted by Crippen LogP contribution is 2.18. The predicted molar refractivity (Wildman–Crippen MR) is 84.3 cm³/mol. The lowest BCUT2D eigenvalue weighted by molar-refractivity contribution is -0.134. The molecule has 1 aliphatic rings. The first-order valence-corrected chi connectivity index (χ1v) is 9.20. The minimum absolute atomic E-state index is 0.0180. The third-order valence-electron chi connectivity index (χ3n) is 3.77. The minimum atomic E-state index is -3.18. The van der Waals surface area contributed by atoms with E-state index in [1.54, 1.807) is 4.90 Å². The van der Waals surface area contributed by atoms with Crippen LogP contribution in [0.5, 0.6) is 5.75 Å². The molecule has 1 fully saturated rings. The van der Waals surface area contributed by atoms with Gasteiger partial charge in [0.2, 0.25) is 10.0 Å². The molecule has 0 saturated carbocycles. The van der Waals surface area contributed by atoms with E-state index >= 15 is 0 Å².